The van der Waals surface area contributed by atoms with Crippen LogP contribution in [0.5, 0.6) is 0 Å². The first-order chi connectivity index (χ1) is 12.5. The van der Waals surface area contributed by atoms with Gasteiger partial charge in [-0.25, -0.2) is 4.68 Å². The molecule has 1 aliphatic carbocycles. The van der Waals surface area contributed by atoms with Crippen LogP contribution in [-0.2, 0) is 16.0 Å². The summed E-state index contributed by atoms with van der Waals surface area (Å²) in [5.74, 6) is -0.164. The van der Waals surface area contributed by atoms with E-state index >= 15 is 0 Å². The highest BCUT2D eigenvalue weighted by Crippen LogP contribution is 2.31. The zero-order valence-corrected chi connectivity index (χ0v) is 15.6. The lowest BCUT2D eigenvalue weighted by Crippen LogP contribution is -2.33. The van der Waals surface area contributed by atoms with E-state index in [9.17, 15) is 9.59 Å². The predicted molar refractivity (Wildman–Crippen MR) is 100 cm³/mol. The number of aryl methyl sites for hydroxylation is 2. The highest BCUT2D eigenvalue weighted by atomic mass is 16.2. The van der Waals surface area contributed by atoms with Crippen LogP contribution < -0.4 is 10.6 Å². The fourth-order valence-corrected chi connectivity index (χ4v) is 3.41. The van der Waals surface area contributed by atoms with Crippen molar-refractivity contribution < 1.29 is 9.59 Å². The number of carbonyl (C=O) groups excluding carboxylic acids is 2. The average molecular weight is 354 g/mol. The highest BCUT2D eigenvalue weighted by Gasteiger charge is 2.26. The Morgan fingerprint density at radius 2 is 2.08 bits per heavy atom. The van der Waals surface area contributed by atoms with Gasteiger partial charge in [0.1, 0.15) is 0 Å². The number of aromatic nitrogens is 2. The Kier molecular flexibility index (Phi) is 5.40. The van der Waals surface area contributed by atoms with Gasteiger partial charge in [-0.05, 0) is 56.4 Å². The van der Waals surface area contributed by atoms with Gasteiger partial charge in [0, 0.05) is 31.1 Å². The summed E-state index contributed by atoms with van der Waals surface area (Å²) in [7, 11) is 0. The molecule has 2 amide bonds. The minimum Gasteiger partial charge on any atom is -0.356 e. The maximum Gasteiger partial charge on any atom is 0.222 e. The van der Waals surface area contributed by atoms with Crippen LogP contribution >= 0.6 is 0 Å². The van der Waals surface area contributed by atoms with Crippen LogP contribution in [0.1, 0.15) is 54.6 Å². The number of hydrogen-bond donors (Lipinski definition) is 2. The van der Waals surface area contributed by atoms with Crippen molar-refractivity contribution in [1.82, 2.24) is 20.4 Å². The third-order valence-electron chi connectivity index (χ3n) is 4.98. The molecule has 1 aliphatic rings. The second kappa shape index (κ2) is 7.72. The van der Waals surface area contributed by atoms with Crippen LogP contribution in [0.2, 0.25) is 0 Å². The van der Waals surface area contributed by atoms with Gasteiger partial charge < -0.3 is 10.6 Å². The summed E-state index contributed by atoms with van der Waals surface area (Å²) >= 11 is 0. The van der Waals surface area contributed by atoms with E-state index in [1.54, 1.807) is 0 Å². The minimum absolute atomic E-state index is 0.0103. The maximum absolute atomic E-state index is 12.2. The van der Waals surface area contributed by atoms with E-state index in [4.69, 9.17) is 0 Å². The van der Waals surface area contributed by atoms with Crippen LogP contribution in [0.3, 0.4) is 0 Å². The molecule has 3 rings (SSSR count). The van der Waals surface area contributed by atoms with Crippen LogP contribution in [0.15, 0.2) is 24.4 Å². The number of rotatable bonds is 5. The van der Waals surface area contributed by atoms with E-state index < -0.39 is 0 Å². The number of nitrogens with one attached hydrogen (secondary N) is 2. The van der Waals surface area contributed by atoms with Crippen molar-refractivity contribution in [2.45, 2.75) is 52.5 Å². The average Bonchev–Trinajstić information content (AvgIpc) is 3.02. The van der Waals surface area contributed by atoms with E-state index in [0.29, 0.717) is 6.54 Å². The number of fused-ring (bicyclic) bond motifs is 1. The highest BCUT2D eigenvalue weighted by molar-refractivity contribution is 5.78. The first-order valence-corrected chi connectivity index (χ1v) is 9.14. The van der Waals surface area contributed by atoms with Gasteiger partial charge >= 0.3 is 0 Å². The van der Waals surface area contributed by atoms with Crippen LogP contribution in [0.25, 0.3) is 5.69 Å². The molecule has 0 bridgehead atoms. The van der Waals surface area contributed by atoms with Gasteiger partial charge in [0.05, 0.1) is 17.9 Å². The van der Waals surface area contributed by atoms with Crippen LogP contribution in [-0.4, -0.2) is 28.1 Å². The topological polar surface area (TPSA) is 76.0 Å². The quantitative estimate of drug-likeness (QED) is 0.866. The summed E-state index contributed by atoms with van der Waals surface area (Å²) in [4.78, 5) is 23.1. The Morgan fingerprint density at radius 1 is 1.27 bits per heavy atom. The lowest BCUT2D eigenvalue weighted by molar-refractivity contribution is -0.122. The van der Waals surface area contributed by atoms with Crippen molar-refractivity contribution in [3.05, 3.63) is 46.8 Å². The molecule has 138 valence electrons. The summed E-state index contributed by atoms with van der Waals surface area (Å²) in [5.41, 5.74) is 5.84. The molecule has 1 aromatic carbocycles. The maximum atomic E-state index is 12.2. The largest absolute Gasteiger partial charge is 0.356 e. The van der Waals surface area contributed by atoms with Crippen molar-refractivity contribution in [3.63, 3.8) is 0 Å². The molecule has 6 heteroatoms. The normalized spacial score (nSPS) is 16.0. The third-order valence-corrected chi connectivity index (χ3v) is 4.98. The van der Waals surface area contributed by atoms with Gasteiger partial charge in [-0.1, -0.05) is 6.07 Å². The Bertz CT molecular complexity index is 825. The van der Waals surface area contributed by atoms with Crippen molar-refractivity contribution in [2.24, 2.45) is 0 Å². The lowest BCUT2D eigenvalue weighted by atomic mass is 9.92. The van der Waals surface area contributed by atoms with Crippen molar-refractivity contribution in [2.75, 3.05) is 6.54 Å². The number of carbonyl (C=O) groups is 2. The van der Waals surface area contributed by atoms with Gasteiger partial charge in [-0.2, -0.15) is 5.10 Å². The van der Waals surface area contributed by atoms with E-state index in [-0.39, 0.29) is 24.3 Å². The molecule has 0 saturated heterocycles. The summed E-state index contributed by atoms with van der Waals surface area (Å²) in [6, 6.07) is 6.34. The molecule has 1 aromatic heterocycles. The Labute approximate surface area is 154 Å². The van der Waals surface area contributed by atoms with Gasteiger partial charge in [0.15, 0.2) is 0 Å². The van der Waals surface area contributed by atoms with Gasteiger partial charge in [0.25, 0.3) is 0 Å². The van der Waals surface area contributed by atoms with Crippen molar-refractivity contribution in [3.8, 4) is 5.69 Å². The van der Waals surface area contributed by atoms with Crippen LogP contribution in [0.4, 0.5) is 0 Å². The fraction of sp³-hybridized carbons (Fsp3) is 0.450. The second-order valence-corrected chi connectivity index (χ2v) is 6.97. The zero-order chi connectivity index (χ0) is 18.7. The summed E-state index contributed by atoms with van der Waals surface area (Å²) in [6.07, 6.45) is 5.05. The number of nitrogens with zero attached hydrogens (tertiary/aromatic N) is 2. The Balaban J connectivity index is 1.74. The molecule has 6 nitrogen and oxygen atoms in total. The van der Waals surface area contributed by atoms with Gasteiger partial charge in [-0.15, -0.1) is 0 Å². The Hall–Kier alpha value is -2.63. The van der Waals surface area contributed by atoms with Crippen molar-refractivity contribution in [1.29, 1.82) is 0 Å². The summed E-state index contributed by atoms with van der Waals surface area (Å²) in [5, 5.41) is 10.3. The molecule has 2 aromatic rings. The summed E-state index contributed by atoms with van der Waals surface area (Å²) in [6.45, 7) is 6.02. The minimum atomic E-state index is -0.118. The first kappa shape index (κ1) is 18.2. The lowest BCUT2D eigenvalue weighted by Gasteiger charge is -2.24. The standard InChI is InChI=1S/C20H26N4O2/c1-13-7-8-16(11-14(13)2)24-19-6-4-5-18(17(19)12-22-24)23-20(26)9-10-21-15(3)25/h7-8,11-12,18H,4-6,9-10H2,1-3H3,(H,21,25)(H,23,26)/t18-/m0/s1. The van der Waals surface area contributed by atoms with Crippen LogP contribution in [0, 0.1) is 13.8 Å². The SMILES string of the molecule is CC(=O)NCCC(=O)N[C@H]1CCCc2c1cnn2-c1ccc(C)c(C)c1. The molecular weight excluding hydrogens is 328 g/mol. The summed E-state index contributed by atoms with van der Waals surface area (Å²) < 4.78 is 2.00. The molecule has 2 N–H and O–H groups in total. The fourth-order valence-electron chi connectivity index (χ4n) is 3.41. The van der Waals surface area contributed by atoms with E-state index in [1.807, 2.05) is 10.9 Å². The van der Waals surface area contributed by atoms with E-state index in [1.165, 1.54) is 23.7 Å². The molecule has 1 atom stereocenters. The van der Waals surface area contributed by atoms with E-state index in [2.05, 4.69) is 47.8 Å². The monoisotopic (exact) mass is 354 g/mol. The zero-order valence-electron chi connectivity index (χ0n) is 15.6. The Morgan fingerprint density at radius 3 is 2.81 bits per heavy atom. The van der Waals surface area contributed by atoms with E-state index in [0.717, 1.165) is 30.5 Å². The molecule has 0 fully saturated rings. The number of hydrogen-bond acceptors (Lipinski definition) is 3. The number of amides is 2. The molecule has 0 radical (unpaired) electrons. The third kappa shape index (κ3) is 3.95. The molecule has 0 spiro atoms. The number of benzene rings is 1. The van der Waals surface area contributed by atoms with Crippen molar-refractivity contribution >= 4 is 11.8 Å². The predicted octanol–water partition coefficient (Wildman–Crippen LogP) is 2.51. The van der Waals surface area contributed by atoms with Gasteiger partial charge in [0.2, 0.25) is 11.8 Å². The first-order valence-electron chi connectivity index (χ1n) is 9.14. The van der Waals surface area contributed by atoms with Gasteiger partial charge in [-0.3, -0.25) is 9.59 Å². The molecule has 1 heterocycles. The smallest absolute Gasteiger partial charge is 0.222 e. The molecular formula is C20H26N4O2. The molecule has 0 saturated carbocycles. The second-order valence-electron chi connectivity index (χ2n) is 6.97. The molecule has 0 aliphatic heterocycles. The molecule has 26 heavy (non-hydrogen) atoms. The molecule has 0 unspecified atom stereocenters.